The number of hydrogen-bond acceptors (Lipinski definition) is 2. The maximum atomic E-state index is 2.57. The first-order valence-corrected chi connectivity index (χ1v) is 6.13. The van der Waals surface area contributed by atoms with Gasteiger partial charge in [0.15, 0.2) is 0 Å². The Balaban J connectivity index is 0.000000791. The first kappa shape index (κ1) is 13.9. The van der Waals surface area contributed by atoms with Gasteiger partial charge in [-0.1, -0.05) is 13.8 Å². The van der Waals surface area contributed by atoms with Gasteiger partial charge in [0.1, 0.15) is 0 Å². The van der Waals surface area contributed by atoms with Crippen LogP contribution in [0.4, 0.5) is 0 Å². The zero-order valence-corrected chi connectivity index (χ0v) is 10.7. The van der Waals surface area contributed by atoms with Gasteiger partial charge in [-0.15, -0.1) is 0 Å². The van der Waals surface area contributed by atoms with Crippen LogP contribution in [-0.2, 0) is 0 Å². The molecule has 14 heavy (non-hydrogen) atoms. The molecule has 0 aromatic carbocycles. The molecule has 0 spiro atoms. The first-order valence-electron chi connectivity index (χ1n) is 6.13. The van der Waals surface area contributed by atoms with Gasteiger partial charge in [-0.25, -0.2) is 0 Å². The summed E-state index contributed by atoms with van der Waals surface area (Å²) in [6, 6.07) is 0.688. The van der Waals surface area contributed by atoms with Crippen LogP contribution in [0.25, 0.3) is 0 Å². The number of hydrogen-bond donors (Lipinski definition) is 0. The zero-order valence-electron chi connectivity index (χ0n) is 10.7. The third-order valence-electron chi connectivity index (χ3n) is 2.85. The van der Waals surface area contributed by atoms with Crippen LogP contribution in [0.1, 0.15) is 40.5 Å². The largest absolute Gasteiger partial charge is 0.303 e. The average Bonchev–Trinajstić information content (AvgIpc) is 2.69. The van der Waals surface area contributed by atoms with Gasteiger partial charge >= 0.3 is 0 Å². The molecule has 0 atom stereocenters. The molecule has 0 aromatic heterocycles. The van der Waals surface area contributed by atoms with E-state index < -0.39 is 0 Å². The quantitative estimate of drug-likeness (QED) is 0.688. The summed E-state index contributed by atoms with van der Waals surface area (Å²) in [6.07, 6.45) is 2.82. The number of likely N-dealkylation sites (N-methyl/N-ethyl adjacent to an activating group) is 1. The Morgan fingerprint density at radius 3 is 2.07 bits per heavy atom. The fourth-order valence-corrected chi connectivity index (χ4v) is 1.56. The molecule has 86 valence electrons. The molecule has 1 aliphatic heterocycles. The van der Waals surface area contributed by atoms with E-state index in [9.17, 15) is 0 Å². The molecule has 0 aromatic rings. The lowest BCUT2D eigenvalue weighted by atomic mass is 10.3. The smallest absolute Gasteiger partial charge is 0.0109 e. The van der Waals surface area contributed by atoms with Crippen LogP contribution in [0.5, 0.6) is 0 Å². The van der Waals surface area contributed by atoms with Gasteiger partial charge in [-0.2, -0.15) is 0 Å². The number of nitrogens with zero attached hydrogens (tertiary/aromatic N) is 2. The molecule has 0 bridgehead atoms. The van der Waals surface area contributed by atoms with Crippen molar-refractivity contribution in [1.82, 2.24) is 9.80 Å². The lowest BCUT2D eigenvalue weighted by molar-refractivity contribution is 0.224. The monoisotopic (exact) mass is 200 g/mol. The average molecular weight is 200 g/mol. The maximum absolute atomic E-state index is 2.57. The van der Waals surface area contributed by atoms with Crippen molar-refractivity contribution in [2.24, 2.45) is 0 Å². The Kier molecular flexibility index (Phi) is 8.20. The predicted molar refractivity (Wildman–Crippen MR) is 64.8 cm³/mol. The highest BCUT2D eigenvalue weighted by molar-refractivity contribution is 4.68. The summed E-state index contributed by atoms with van der Waals surface area (Å²) < 4.78 is 0. The summed E-state index contributed by atoms with van der Waals surface area (Å²) in [5.41, 5.74) is 0. The number of rotatable bonds is 4. The molecule has 0 radical (unpaired) electrons. The lowest BCUT2D eigenvalue weighted by Crippen LogP contribution is -2.35. The second-order valence-electron chi connectivity index (χ2n) is 4.12. The van der Waals surface area contributed by atoms with Crippen LogP contribution in [0.2, 0.25) is 0 Å². The SMILES string of the molecule is CC.CC(C)N(C)CCN1CCCC1. The van der Waals surface area contributed by atoms with Crippen molar-refractivity contribution in [2.45, 2.75) is 46.6 Å². The minimum absolute atomic E-state index is 0.688. The highest BCUT2D eigenvalue weighted by Gasteiger charge is 2.12. The van der Waals surface area contributed by atoms with Gasteiger partial charge in [0.25, 0.3) is 0 Å². The fraction of sp³-hybridized carbons (Fsp3) is 1.00. The lowest BCUT2D eigenvalue weighted by Gasteiger charge is -2.24. The van der Waals surface area contributed by atoms with E-state index in [0.29, 0.717) is 6.04 Å². The molecule has 0 saturated carbocycles. The second kappa shape index (κ2) is 8.25. The van der Waals surface area contributed by atoms with E-state index in [1.54, 1.807) is 0 Å². The molecule has 1 rings (SSSR count). The van der Waals surface area contributed by atoms with E-state index >= 15 is 0 Å². The fourth-order valence-electron chi connectivity index (χ4n) is 1.56. The van der Waals surface area contributed by atoms with Gasteiger partial charge < -0.3 is 9.80 Å². The minimum atomic E-state index is 0.688. The Bertz CT molecular complexity index is 115. The standard InChI is InChI=1S/C10H22N2.C2H6/c1-10(2)11(3)8-9-12-6-4-5-7-12;1-2/h10H,4-9H2,1-3H3;1-2H3. The van der Waals surface area contributed by atoms with Gasteiger partial charge in [0.05, 0.1) is 0 Å². The Hall–Kier alpha value is -0.0800. The molecule has 1 aliphatic rings. The Morgan fingerprint density at radius 1 is 1.14 bits per heavy atom. The van der Waals surface area contributed by atoms with E-state index in [-0.39, 0.29) is 0 Å². The zero-order chi connectivity index (χ0) is 11.0. The van der Waals surface area contributed by atoms with E-state index in [4.69, 9.17) is 0 Å². The number of likely N-dealkylation sites (tertiary alicyclic amines) is 1. The predicted octanol–water partition coefficient (Wildman–Crippen LogP) is 2.45. The molecular weight excluding hydrogens is 172 g/mol. The summed E-state index contributed by atoms with van der Waals surface area (Å²) in [6.45, 7) is 13.6. The highest BCUT2D eigenvalue weighted by atomic mass is 15.2. The highest BCUT2D eigenvalue weighted by Crippen LogP contribution is 2.06. The second-order valence-corrected chi connectivity index (χ2v) is 4.12. The molecule has 2 nitrogen and oxygen atoms in total. The van der Waals surface area contributed by atoms with Crippen molar-refractivity contribution in [3.63, 3.8) is 0 Å². The van der Waals surface area contributed by atoms with Crippen molar-refractivity contribution in [3.05, 3.63) is 0 Å². The molecule has 1 saturated heterocycles. The van der Waals surface area contributed by atoms with Crippen LogP contribution in [0.3, 0.4) is 0 Å². The van der Waals surface area contributed by atoms with Crippen molar-refractivity contribution < 1.29 is 0 Å². The maximum Gasteiger partial charge on any atom is 0.0109 e. The topological polar surface area (TPSA) is 6.48 Å². The molecular formula is C12H28N2. The van der Waals surface area contributed by atoms with E-state index in [1.165, 1.54) is 39.0 Å². The third kappa shape index (κ3) is 5.61. The van der Waals surface area contributed by atoms with Crippen molar-refractivity contribution in [2.75, 3.05) is 33.2 Å². The Morgan fingerprint density at radius 2 is 1.64 bits per heavy atom. The van der Waals surface area contributed by atoms with Crippen LogP contribution in [-0.4, -0.2) is 49.1 Å². The van der Waals surface area contributed by atoms with Crippen LogP contribution in [0.15, 0.2) is 0 Å². The van der Waals surface area contributed by atoms with E-state index in [2.05, 4.69) is 30.7 Å². The van der Waals surface area contributed by atoms with E-state index in [0.717, 1.165) is 0 Å². The minimum Gasteiger partial charge on any atom is -0.303 e. The summed E-state index contributed by atoms with van der Waals surface area (Å²) in [4.78, 5) is 4.98. The van der Waals surface area contributed by atoms with Gasteiger partial charge in [0.2, 0.25) is 0 Å². The van der Waals surface area contributed by atoms with Crippen LogP contribution >= 0.6 is 0 Å². The molecule has 1 fully saturated rings. The summed E-state index contributed by atoms with van der Waals surface area (Å²) in [5.74, 6) is 0. The van der Waals surface area contributed by atoms with Crippen molar-refractivity contribution in [1.29, 1.82) is 0 Å². The molecule has 0 aliphatic carbocycles. The van der Waals surface area contributed by atoms with E-state index in [1.807, 2.05) is 13.8 Å². The molecule has 0 N–H and O–H groups in total. The normalized spacial score (nSPS) is 17.4. The summed E-state index contributed by atoms with van der Waals surface area (Å²) in [5, 5.41) is 0. The van der Waals surface area contributed by atoms with Gasteiger partial charge in [-0.05, 0) is 46.8 Å². The van der Waals surface area contributed by atoms with Crippen molar-refractivity contribution >= 4 is 0 Å². The van der Waals surface area contributed by atoms with Gasteiger partial charge in [-0.3, -0.25) is 0 Å². The molecule has 2 heteroatoms. The van der Waals surface area contributed by atoms with Crippen molar-refractivity contribution in [3.8, 4) is 0 Å². The Labute approximate surface area is 90.3 Å². The molecule has 1 heterocycles. The first-order chi connectivity index (χ1) is 6.70. The van der Waals surface area contributed by atoms with Gasteiger partial charge in [0, 0.05) is 19.1 Å². The molecule has 0 unspecified atom stereocenters. The van der Waals surface area contributed by atoms with Crippen LogP contribution in [0, 0.1) is 0 Å². The molecule has 0 amide bonds. The van der Waals surface area contributed by atoms with Crippen LogP contribution < -0.4 is 0 Å². The third-order valence-corrected chi connectivity index (χ3v) is 2.85. The summed E-state index contributed by atoms with van der Waals surface area (Å²) in [7, 11) is 2.21. The summed E-state index contributed by atoms with van der Waals surface area (Å²) >= 11 is 0.